The van der Waals surface area contributed by atoms with Gasteiger partial charge in [-0.25, -0.2) is 4.79 Å². The number of hydrogen-bond acceptors (Lipinski definition) is 5. The van der Waals surface area contributed by atoms with E-state index in [0.717, 1.165) is 37.4 Å². The van der Waals surface area contributed by atoms with Gasteiger partial charge >= 0.3 is 5.63 Å². The zero-order valence-electron chi connectivity index (χ0n) is 16.9. The highest BCUT2D eigenvalue weighted by Crippen LogP contribution is 2.15. The summed E-state index contributed by atoms with van der Waals surface area (Å²) in [7, 11) is 1.64. The van der Waals surface area contributed by atoms with Crippen molar-refractivity contribution < 1.29 is 13.9 Å². The van der Waals surface area contributed by atoms with Crippen molar-refractivity contribution in [1.82, 2.24) is 9.80 Å². The predicted octanol–water partition coefficient (Wildman–Crippen LogP) is 2.52. The lowest BCUT2D eigenvalue weighted by molar-refractivity contribution is 0.0637. The number of carbonyl (C=O) groups is 1. The third-order valence-corrected chi connectivity index (χ3v) is 5.34. The molecule has 0 N–H and O–H groups in total. The summed E-state index contributed by atoms with van der Waals surface area (Å²) in [4.78, 5) is 29.4. The molecule has 1 saturated heterocycles. The van der Waals surface area contributed by atoms with Gasteiger partial charge in [0, 0.05) is 32.6 Å². The van der Waals surface area contributed by atoms with E-state index in [1.807, 2.05) is 37.3 Å². The SMILES string of the molecule is CCN1CCN(C(=O)c2c(C)cc(CCc3ccc(OC)cc3)oc2=O)CC1. The van der Waals surface area contributed by atoms with Gasteiger partial charge in [-0.15, -0.1) is 0 Å². The molecule has 1 amide bonds. The minimum Gasteiger partial charge on any atom is -0.497 e. The minimum atomic E-state index is -0.535. The van der Waals surface area contributed by atoms with Gasteiger partial charge in [0.25, 0.3) is 5.91 Å². The first-order chi connectivity index (χ1) is 13.5. The number of piperazine rings is 1. The number of rotatable bonds is 6. The van der Waals surface area contributed by atoms with Gasteiger partial charge < -0.3 is 19.0 Å². The van der Waals surface area contributed by atoms with E-state index in [2.05, 4.69) is 11.8 Å². The van der Waals surface area contributed by atoms with Crippen LogP contribution in [0.5, 0.6) is 5.75 Å². The molecule has 3 rings (SSSR count). The van der Waals surface area contributed by atoms with Crippen molar-refractivity contribution in [1.29, 1.82) is 0 Å². The largest absolute Gasteiger partial charge is 0.497 e. The maximum absolute atomic E-state index is 12.8. The number of carbonyl (C=O) groups excluding carboxylic acids is 1. The summed E-state index contributed by atoms with van der Waals surface area (Å²) < 4.78 is 10.6. The van der Waals surface area contributed by atoms with Crippen LogP contribution in [0.25, 0.3) is 0 Å². The molecule has 150 valence electrons. The van der Waals surface area contributed by atoms with Gasteiger partial charge in [0.1, 0.15) is 17.1 Å². The van der Waals surface area contributed by atoms with E-state index in [9.17, 15) is 9.59 Å². The topological polar surface area (TPSA) is 63.0 Å². The molecule has 0 radical (unpaired) electrons. The molecule has 0 atom stereocenters. The smallest absolute Gasteiger partial charge is 0.349 e. The van der Waals surface area contributed by atoms with E-state index < -0.39 is 5.63 Å². The van der Waals surface area contributed by atoms with Gasteiger partial charge in [0.2, 0.25) is 0 Å². The molecule has 0 bridgehead atoms. The van der Waals surface area contributed by atoms with Gasteiger partial charge in [0.05, 0.1) is 7.11 Å². The average molecular weight is 384 g/mol. The quantitative estimate of drug-likeness (QED) is 0.766. The standard InChI is InChI=1S/C22H28N2O4/c1-4-23-11-13-24(14-12-23)21(25)20-16(2)15-19(28-22(20)26)10-7-17-5-8-18(27-3)9-6-17/h5-6,8-9,15H,4,7,10-14H2,1-3H3. The molecule has 0 unspecified atom stereocenters. The third-order valence-electron chi connectivity index (χ3n) is 5.34. The average Bonchev–Trinajstić information content (AvgIpc) is 2.72. The lowest BCUT2D eigenvalue weighted by Gasteiger charge is -2.34. The van der Waals surface area contributed by atoms with E-state index in [0.29, 0.717) is 30.8 Å². The summed E-state index contributed by atoms with van der Waals surface area (Å²) in [5.74, 6) is 1.20. The van der Waals surface area contributed by atoms with Gasteiger partial charge in [-0.1, -0.05) is 19.1 Å². The van der Waals surface area contributed by atoms with E-state index in [1.165, 1.54) is 0 Å². The fourth-order valence-corrected chi connectivity index (χ4v) is 3.54. The maximum atomic E-state index is 12.8. The van der Waals surface area contributed by atoms with Crippen LogP contribution in [-0.4, -0.2) is 55.5 Å². The third kappa shape index (κ3) is 4.62. The second-order valence-corrected chi connectivity index (χ2v) is 7.13. The number of nitrogens with zero attached hydrogens (tertiary/aromatic N) is 2. The molecule has 28 heavy (non-hydrogen) atoms. The Balaban J connectivity index is 1.68. The summed E-state index contributed by atoms with van der Waals surface area (Å²) in [6, 6.07) is 9.64. The Morgan fingerprint density at radius 1 is 1.11 bits per heavy atom. The van der Waals surface area contributed by atoms with Gasteiger partial charge in [-0.3, -0.25) is 4.79 Å². The molecule has 0 spiro atoms. The van der Waals surface area contributed by atoms with Crippen molar-refractivity contribution in [2.24, 2.45) is 0 Å². The predicted molar refractivity (Wildman–Crippen MR) is 108 cm³/mol. The van der Waals surface area contributed by atoms with Crippen molar-refractivity contribution in [2.75, 3.05) is 39.8 Å². The van der Waals surface area contributed by atoms with Crippen LogP contribution in [0.1, 0.15) is 34.2 Å². The van der Waals surface area contributed by atoms with Crippen LogP contribution in [0.3, 0.4) is 0 Å². The number of ether oxygens (including phenoxy) is 1. The number of amides is 1. The molecular formula is C22H28N2O4. The highest BCUT2D eigenvalue weighted by atomic mass is 16.5. The van der Waals surface area contributed by atoms with Gasteiger partial charge in [-0.2, -0.15) is 0 Å². The first-order valence-electron chi connectivity index (χ1n) is 9.80. The normalized spacial score (nSPS) is 14.9. The molecule has 6 nitrogen and oxygen atoms in total. The van der Waals surface area contributed by atoms with Crippen LogP contribution in [0.15, 0.2) is 39.5 Å². The Labute approximate surface area is 165 Å². The summed E-state index contributed by atoms with van der Waals surface area (Å²) in [6.45, 7) is 7.87. The van der Waals surface area contributed by atoms with Crippen molar-refractivity contribution in [2.45, 2.75) is 26.7 Å². The first-order valence-corrected chi connectivity index (χ1v) is 9.80. The van der Waals surface area contributed by atoms with E-state index in [-0.39, 0.29) is 11.5 Å². The molecule has 1 fully saturated rings. The zero-order chi connectivity index (χ0) is 20.1. The summed E-state index contributed by atoms with van der Waals surface area (Å²) in [5, 5.41) is 0. The van der Waals surface area contributed by atoms with Crippen LogP contribution in [-0.2, 0) is 12.8 Å². The Morgan fingerprint density at radius 3 is 2.36 bits per heavy atom. The van der Waals surface area contributed by atoms with Crippen molar-refractivity contribution in [3.63, 3.8) is 0 Å². The molecule has 2 heterocycles. The summed E-state index contributed by atoms with van der Waals surface area (Å²) in [5.41, 5.74) is 1.45. The Morgan fingerprint density at radius 2 is 1.79 bits per heavy atom. The van der Waals surface area contributed by atoms with Gasteiger partial charge in [-0.05, 0) is 49.2 Å². The number of benzene rings is 1. The van der Waals surface area contributed by atoms with E-state index in [4.69, 9.17) is 9.15 Å². The molecule has 1 aliphatic rings. The molecule has 0 aliphatic carbocycles. The lowest BCUT2D eigenvalue weighted by Crippen LogP contribution is -2.49. The maximum Gasteiger partial charge on any atom is 0.349 e. The Bertz CT molecular complexity index is 865. The highest BCUT2D eigenvalue weighted by Gasteiger charge is 2.25. The highest BCUT2D eigenvalue weighted by molar-refractivity contribution is 5.95. The van der Waals surface area contributed by atoms with Crippen LogP contribution >= 0.6 is 0 Å². The fraction of sp³-hybridized carbons (Fsp3) is 0.455. The summed E-state index contributed by atoms with van der Waals surface area (Å²) in [6.07, 6.45) is 1.35. The fourth-order valence-electron chi connectivity index (χ4n) is 3.54. The monoisotopic (exact) mass is 384 g/mol. The molecule has 2 aromatic rings. The van der Waals surface area contributed by atoms with Crippen LogP contribution < -0.4 is 10.4 Å². The van der Waals surface area contributed by atoms with Crippen LogP contribution in [0.4, 0.5) is 0 Å². The Hall–Kier alpha value is -2.60. The molecular weight excluding hydrogens is 356 g/mol. The second-order valence-electron chi connectivity index (χ2n) is 7.13. The summed E-state index contributed by atoms with van der Waals surface area (Å²) >= 11 is 0. The van der Waals surface area contributed by atoms with Gasteiger partial charge in [0.15, 0.2) is 0 Å². The second kappa shape index (κ2) is 9.06. The zero-order valence-corrected chi connectivity index (χ0v) is 16.9. The van der Waals surface area contributed by atoms with Crippen molar-refractivity contribution >= 4 is 5.91 Å². The number of methoxy groups -OCH3 is 1. The molecule has 0 saturated carbocycles. The molecule has 6 heteroatoms. The van der Waals surface area contributed by atoms with E-state index in [1.54, 1.807) is 12.0 Å². The molecule has 1 aliphatic heterocycles. The van der Waals surface area contributed by atoms with Crippen molar-refractivity contribution in [3.05, 3.63) is 63.2 Å². The van der Waals surface area contributed by atoms with Crippen molar-refractivity contribution in [3.8, 4) is 5.75 Å². The van der Waals surface area contributed by atoms with Crippen LogP contribution in [0.2, 0.25) is 0 Å². The number of likely N-dealkylation sites (N-methyl/N-ethyl adjacent to an activating group) is 1. The molecule has 1 aromatic heterocycles. The Kier molecular flexibility index (Phi) is 6.52. The number of hydrogen-bond donors (Lipinski definition) is 0. The number of aryl methyl sites for hydroxylation is 3. The minimum absolute atomic E-state index is 0.165. The van der Waals surface area contributed by atoms with E-state index >= 15 is 0 Å². The first kappa shape index (κ1) is 20.1. The van der Waals surface area contributed by atoms with Crippen LogP contribution in [0, 0.1) is 6.92 Å². The molecule has 1 aromatic carbocycles. The lowest BCUT2D eigenvalue weighted by atomic mass is 10.1.